The molecule has 0 aliphatic carbocycles. The summed E-state index contributed by atoms with van der Waals surface area (Å²) in [7, 11) is 0. The topological polar surface area (TPSA) is 49.4 Å². The van der Waals surface area contributed by atoms with Crippen molar-refractivity contribution in [3.8, 4) is 0 Å². The molecule has 0 aromatic heterocycles. The summed E-state index contributed by atoms with van der Waals surface area (Å²) in [6, 6.07) is 0. The Morgan fingerprint density at radius 2 is 2.18 bits per heavy atom. The van der Waals surface area contributed by atoms with E-state index in [0.29, 0.717) is 12.3 Å². The van der Waals surface area contributed by atoms with E-state index in [4.69, 9.17) is 0 Å². The zero-order valence-electron chi connectivity index (χ0n) is 10.6. The van der Waals surface area contributed by atoms with E-state index in [9.17, 15) is 9.59 Å². The van der Waals surface area contributed by atoms with Gasteiger partial charge in [-0.2, -0.15) is 0 Å². The molecule has 1 unspecified atom stereocenters. The lowest BCUT2D eigenvalue weighted by atomic mass is 9.82. The number of rotatable bonds is 3. The molecule has 4 nitrogen and oxygen atoms in total. The van der Waals surface area contributed by atoms with Crippen molar-refractivity contribution < 1.29 is 9.59 Å². The monoisotopic (exact) mass is 238 g/mol. The Bertz CT molecular complexity index is 290. The summed E-state index contributed by atoms with van der Waals surface area (Å²) in [6.45, 7) is 5.50. The van der Waals surface area contributed by atoms with Crippen LogP contribution < -0.4 is 5.32 Å². The molecule has 17 heavy (non-hydrogen) atoms. The first-order valence-corrected chi connectivity index (χ1v) is 6.58. The van der Waals surface area contributed by atoms with Gasteiger partial charge < -0.3 is 15.0 Å². The lowest BCUT2D eigenvalue weighted by Gasteiger charge is -2.36. The van der Waals surface area contributed by atoms with Crippen LogP contribution in [0.3, 0.4) is 0 Å². The highest BCUT2D eigenvalue weighted by atomic mass is 16.2. The van der Waals surface area contributed by atoms with E-state index in [-0.39, 0.29) is 11.3 Å². The van der Waals surface area contributed by atoms with Crippen LogP contribution in [0.5, 0.6) is 0 Å². The molecule has 1 atom stereocenters. The lowest BCUT2D eigenvalue weighted by molar-refractivity contribution is -0.136. The molecule has 96 valence electrons. The van der Waals surface area contributed by atoms with Crippen LogP contribution in [0.2, 0.25) is 0 Å². The van der Waals surface area contributed by atoms with Crippen molar-refractivity contribution in [2.24, 2.45) is 11.3 Å². The standard InChI is InChI=1S/C13H22N2O2/c1-13(10-16)3-6-15(7-4-13)12(17)8-11-2-5-14-9-11/h10-11,14H,2-9H2,1H3. The molecule has 0 spiro atoms. The second-order valence-electron chi connectivity index (χ2n) is 5.72. The minimum atomic E-state index is -0.203. The number of amides is 1. The SMILES string of the molecule is CC1(C=O)CCN(C(=O)CC2CCNC2)CC1. The van der Waals surface area contributed by atoms with Crippen LogP contribution in [0.4, 0.5) is 0 Å². The first kappa shape index (κ1) is 12.6. The van der Waals surface area contributed by atoms with Crippen molar-refractivity contribution in [1.29, 1.82) is 0 Å². The molecule has 0 aromatic rings. The van der Waals surface area contributed by atoms with E-state index in [1.54, 1.807) is 0 Å². The van der Waals surface area contributed by atoms with Crippen LogP contribution in [-0.2, 0) is 9.59 Å². The maximum absolute atomic E-state index is 12.1. The summed E-state index contributed by atoms with van der Waals surface area (Å²) in [6.07, 6.45) is 4.46. The number of hydrogen-bond acceptors (Lipinski definition) is 3. The highest BCUT2D eigenvalue weighted by Crippen LogP contribution is 2.29. The minimum absolute atomic E-state index is 0.203. The molecular formula is C13H22N2O2. The quantitative estimate of drug-likeness (QED) is 0.740. The van der Waals surface area contributed by atoms with Gasteiger partial charge >= 0.3 is 0 Å². The second kappa shape index (κ2) is 5.17. The summed E-state index contributed by atoms with van der Waals surface area (Å²) in [5, 5.41) is 3.29. The van der Waals surface area contributed by atoms with Gasteiger partial charge in [0.15, 0.2) is 0 Å². The number of nitrogens with zero attached hydrogens (tertiary/aromatic N) is 1. The van der Waals surface area contributed by atoms with Crippen LogP contribution in [0.1, 0.15) is 32.6 Å². The summed E-state index contributed by atoms with van der Waals surface area (Å²) < 4.78 is 0. The van der Waals surface area contributed by atoms with Crippen LogP contribution in [0.15, 0.2) is 0 Å². The van der Waals surface area contributed by atoms with E-state index in [0.717, 1.165) is 51.7 Å². The fourth-order valence-electron chi connectivity index (χ4n) is 2.65. The predicted octanol–water partition coefficient (Wildman–Crippen LogP) is 0.814. The molecule has 0 radical (unpaired) electrons. The van der Waals surface area contributed by atoms with Crippen molar-refractivity contribution in [3.63, 3.8) is 0 Å². The number of hydrogen-bond donors (Lipinski definition) is 1. The Balaban J connectivity index is 1.79. The summed E-state index contributed by atoms with van der Waals surface area (Å²) in [4.78, 5) is 24.9. The van der Waals surface area contributed by atoms with Crippen LogP contribution >= 0.6 is 0 Å². The third kappa shape index (κ3) is 3.06. The summed E-state index contributed by atoms with van der Waals surface area (Å²) in [5.41, 5.74) is -0.203. The molecule has 4 heteroatoms. The van der Waals surface area contributed by atoms with Crippen molar-refractivity contribution >= 4 is 12.2 Å². The molecule has 2 heterocycles. The van der Waals surface area contributed by atoms with Gasteiger partial charge in [-0.1, -0.05) is 6.92 Å². The molecule has 0 aromatic carbocycles. The van der Waals surface area contributed by atoms with E-state index in [1.807, 2.05) is 11.8 Å². The molecule has 0 saturated carbocycles. The van der Waals surface area contributed by atoms with Gasteiger partial charge in [0.1, 0.15) is 6.29 Å². The van der Waals surface area contributed by atoms with Gasteiger partial charge in [0.25, 0.3) is 0 Å². The maximum Gasteiger partial charge on any atom is 0.222 e. The number of carbonyl (C=O) groups excluding carboxylic acids is 2. The average Bonchev–Trinajstić information content (AvgIpc) is 2.83. The fourth-order valence-corrected chi connectivity index (χ4v) is 2.65. The maximum atomic E-state index is 12.1. The molecule has 1 N–H and O–H groups in total. The molecule has 2 saturated heterocycles. The zero-order chi connectivity index (χ0) is 12.3. The van der Waals surface area contributed by atoms with Crippen molar-refractivity contribution in [3.05, 3.63) is 0 Å². The van der Waals surface area contributed by atoms with Gasteiger partial charge in [-0.3, -0.25) is 4.79 Å². The Kier molecular flexibility index (Phi) is 3.82. The highest BCUT2D eigenvalue weighted by Gasteiger charge is 2.32. The van der Waals surface area contributed by atoms with Gasteiger partial charge in [-0.05, 0) is 38.3 Å². The van der Waals surface area contributed by atoms with E-state index in [1.165, 1.54) is 0 Å². The molecular weight excluding hydrogens is 216 g/mol. The highest BCUT2D eigenvalue weighted by molar-refractivity contribution is 5.77. The van der Waals surface area contributed by atoms with Gasteiger partial charge in [0, 0.05) is 24.9 Å². The normalized spacial score (nSPS) is 28.1. The van der Waals surface area contributed by atoms with E-state index < -0.39 is 0 Å². The van der Waals surface area contributed by atoms with Crippen molar-refractivity contribution in [1.82, 2.24) is 10.2 Å². The van der Waals surface area contributed by atoms with Crippen molar-refractivity contribution in [2.45, 2.75) is 32.6 Å². The lowest BCUT2D eigenvalue weighted by Crippen LogP contribution is -2.43. The molecule has 2 aliphatic heterocycles. The van der Waals surface area contributed by atoms with Gasteiger partial charge in [-0.15, -0.1) is 0 Å². The number of aldehydes is 1. The predicted molar refractivity (Wildman–Crippen MR) is 65.6 cm³/mol. The summed E-state index contributed by atoms with van der Waals surface area (Å²) in [5.74, 6) is 0.786. The first-order chi connectivity index (χ1) is 8.13. The zero-order valence-corrected chi connectivity index (χ0v) is 10.6. The van der Waals surface area contributed by atoms with Crippen LogP contribution in [0.25, 0.3) is 0 Å². The average molecular weight is 238 g/mol. The molecule has 1 amide bonds. The molecule has 0 bridgehead atoms. The number of nitrogens with one attached hydrogen (secondary N) is 1. The van der Waals surface area contributed by atoms with Crippen molar-refractivity contribution in [2.75, 3.05) is 26.2 Å². The number of carbonyl (C=O) groups is 2. The van der Waals surface area contributed by atoms with Gasteiger partial charge in [0.2, 0.25) is 5.91 Å². The van der Waals surface area contributed by atoms with Gasteiger partial charge in [0.05, 0.1) is 0 Å². The van der Waals surface area contributed by atoms with Crippen LogP contribution in [0, 0.1) is 11.3 Å². The Labute approximate surface area is 103 Å². The molecule has 2 aliphatic rings. The van der Waals surface area contributed by atoms with E-state index >= 15 is 0 Å². The third-order valence-corrected chi connectivity index (χ3v) is 4.17. The molecule has 2 rings (SSSR count). The second-order valence-corrected chi connectivity index (χ2v) is 5.72. The Hall–Kier alpha value is -0.900. The first-order valence-electron chi connectivity index (χ1n) is 6.58. The molecule has 2 fully saturated rings. The Morgan fingerprint density at radius 1 is 1.47 bits per heavy atom. The number of likely N-dealkylation sites (tertiary alicyclic amines) is 1. The fraction of sp³-hybridized carbons (Fsp3) is 0.846. The summed E-state index contributed by atoms with van der Waals surface area (Å²) >= 11 is 0. The Morgan fingerprint density at radius 3 is 2.71 bits per heavy atom. The minimum Gasteiger partial charge on any atom is -0.343 e. The van der Waals surface area contributed by atoms with Gasteiger partial charge in [-0.25, -0.2) is 0 Å². The third-order valence-electron chi connectivity index (χ3n) is 4.17. The smallest absolute Gasteiger partial charge is 0.222 e. The van der Waals surface area contributed by atoms with E-state index in [2.05, 4.69) is 5.32 Å². The largest absolute Gasteiger partial charge is 0.343 e. The van der Waals surface area contributed by atoms with Crippen LogP contribution in [-0.4, -0.2) is 43.3 Å². The number of piperidine rings is 1.